The van der Waals surface area contributed by atoms with Gasteiger partial charge in [-0.05, 0) is 6.92 Å². The third-order valence-electron chi connectivity index (χ3n) is 1.08. The molecule has 0 saturated carbocycles. The van der Waals surface area contributed by atoms with Crippen molar-refractivity contribution in [3.63, 3.8) is 0 Å². The van der Waals surface area contributed by atoms with Crippen LogP contribution in [-0.2, 0) is 6.54 Å². The Bertz CT molecular complexity index is 197. The Morgan fingerprint density at radius 3 is 3.10 bits per heavy atom. The molecular weight excluding hydrogens is 146 g/mol. The van der Waals surface area contributed by atoms with Crippen LogP contribution in [0.15, 0.2) is 5.38 Å². The fourth-order valence-electron chi connectivity index (χ4n) is 0.667. The highest BCUT2D eigenvalue weighted by molar-refractivity contribution is 7.10. The van der Waals surface area contributed by atoms with E-state index in [1.807, 2.05) is 12.3 Å². The fourth-order valence-corrected chi connectivity index (χ4v) is 1.30. The van der Waals surface area contributed by atoms with E-state index in [0.29, 0.717) is 6.54 Å². The van der Waals surface area contributed by atoms with Crippen LogP contribution in [0.5, 0.6) is 0 Å². The van der Waals surface area contributed by atoms with Crippen LogP contribution in [0.4, 0.5) is 5.82 Å². The fraction of sp³-hybridized carbons (Fsp3) is 0.500. The van der Waals surface area contributed by atoms with Gasteiger partial charge in [-0.3, -0.25) is 0 Å². The average Bonchev–Trinajstić information content (AvgIpc) is 2.37. The molecule has 0 aliphatic heterocycles. The predicted octanol–water partition coefficient (Wildman–Crippen LogP) is 1.03. The maximum absolute atomic E-state index is 5.38. The molecule has 0 aromatic carbocycles. The van der Waals surface area contributed by atoms with Gasteiger partial charge in [-0.15, -0.1) is 11.3 Å². The van der Waals surface area contributed by atoms with E-state index in [2.05, 4.69) is 10.3 Å². The first-order chi connectivity index (χ1) is 4.86. The van der Waals surface area contributed by atoms with E-state index >= 15 is 0 Å². The molecule has 1 heterocycles. The molecule has 0 amide bonds. The number of thiazole rings is 1. The van der Waals surface area contributed by atoms with E-state index in [9.17, 15) is 0 Å². The van der Waals surface area contributed by atoms with Gasteiger partial charge in [-0.1, -0.05) is 0 Å². The number of hydrogen-bond acceptors (Lipinski definition) is 4. The zero-order chi connectivity index (χ0) is 7.40. The number of nitrogens with one attached hydrogen (secondary N) is 1. The van der Waals surface area contributed by atoms with Crippen LogP contribution >= 0.6 is 11.3 Å². The zero-order valence-corrected chi connectivity index (χ0v) is 6.74. The molecule has 1 aromatic rings. The van der Waals surface area contributed by atoms with Crippen molar-refractivity contribution in [2.75, 3.05) is 11.9 Å². The van der Waals surface area contributed by atoms with Crippen molar-refractivity contribution >= 4 is 17.2 Å². The summed E-state index contributed by atoms with van der Waals surface area (Å²) in [7, 11) is 0. The van der Waals surface area contributed by atoms with Gasteiger partial charge in [0.05, 0.1) is 0 Å². The quantitative estimate of drug-likeness (QED) is 0.689. The molecule has 0 fully saturated rings. The topological polar surface area (TPSA) is 50.9 Å². The molecule has 0 radical (unpaired) electrons. The lowest BCUT2D eigenvalue weighted by atomic mass is 10.6. The second-order valence-electron chi connectivity index (χ2n) is 1.86. The van der Waals surface area contributed by atoms with Gasteiger partial charge in [0, 0.05) is 18.5 Å². The van der Waals surface area contributed by atoms with Crippen LogP contribution in [0.2, 0.25) is 0 Å². The summed E-state index contributed by atoms with van der Waals surface area (Å²) in [5, 5.41) is 6.07. The van der Waals surface area contributed by atoms with Crippen molar-refractivity contribution in [2.45, 2.75) is 13.5 Å². The number of nitrogens with two attached hydrogens (primary N) is 1. The molecule has 0 aliphatic rings. The monoisotopic (exact) mass is 157 g/mol. The van der Waals surface area contributed by atoms with Gasteiger partial charge < -0.3 is 11.1 Å². The average molecular weight is 157 g/mol. The maximum Gasteiger partial charge on any atom is 0.137 e. The third-order valence-corrected chi connectivity index (χ3v) is 1.96. The molecular formula is C6H11N3S. The van der Waals surface area contributed by atoms with Gasteiger partial charge in [0.15, 0.2) is 0 Å². The Labute approximate surface area is 64.3 Å². The minimum atomic E-state index is 0.538. The lowest BCUT2D eigenvalue weighted by Gasteiger charge is -1.93. The Hall–Kier alpha value is -0.610. The molecule has 10 heavy (non-hydrogen) atoms. The molecule has 0 aliphatic carbocycles. The predicted molar refractivity (Wildman–Crippen MR) is 44.2 cm³/mol. The third kappa shape index (κ3) is 1.68. The minimum Gasteiger partial charge on any atom is -0.370 e. The summed E-state index contributed by atoms with van der Waals surface area (Å²) >= 11 is 1.59. The number of anilines is 1. The highest BCUT2D eigenvalue weighted by Crippen LogP contribution is 2.12. The summed E-state index contributed by atoms with van der Waals surface area (Å²) in [5.74, 6) is 0.938. The SMILES string of the molecule is CCNc1csc(CN)n1. The number of nitrogens with zero attached hydrogens (tertiary/aromatic N) is 1. The van der Waals surface area contributed by atoms with E-state index in [1.165, 1.54) is 0 Å². The Kier molecular flexibility index (Phi) is 2.65. The molecule has 1 rings (SSSR count). The largest absolute Gasteiger partial charge is 0.370 e. The van der Waals surface area contributed by atoms with Crippen LogP contribution in [0, 0.1) is 0 Å². The van der Waals surface area contributed by atoms with Crippen molar-refractivity contribution < 1.29 is 0 Å². The van der Waals surface area contributed by atoms with Crippen molar-refractivity contribution in [2.24, 2.45) is 5.73 Å². The summed E-state index contributed by atoms with van der Waals surface area (Å²) in [4.78, 5) is 4.20. The van der Waals surface area contributed by atoms with Gasteiger partial charge in [0.25, 0.3) is 0 Å². The zero-order valence-electron chi connectivity index (χ0n) is 5.92. The first-order valence-corrected chi connectivity index (χ1v) is 4.13. The molecule has 56 valence electrons. The molecule has 3 nitrogen and oxygen atoms in total. The van der Waals surface area contributed by atoms with Gasteiger partial charge >= 0.3 is 0 Å². The lowest BCUT2D eigenvalue weighted by molar-refractivity contribution is 1.03. The van der Waals surface area contributed by atoms with E-state index in [4.69, 9.17) is 5.73 Å². The maximum atomic E-state index is 5.38. The van der Waals surface area contributed by atoms with Crippen molar-refractivity contribution in [3.05, 3.63) is 10.4 Å². The highest BCUT2D eigenvalue weighted by atomic mass is 32.1. The van der Waals surface area contributed by atoms with Crippen molar-refractivity contribution in [3.8, 4) is 0 Å². The van der Waals surface area contributed by atoms with E-state index < -0.39 is 0 Å². The summed E-state index contributed by atoms with van der Waals surface area (Å²) < 4.78 is 0. The Balaban J connectivity index is 2.59. The molecule has 0 unspecified atom stereocenters. The molecule has 0 bridgehead atoms. The molecule has 3 N–H and O–H groups in total. The Morgan fingerprint density at radius 2 is 2.60 bits per heavy atom. The van der Waals surface area contributed by atoms with E-state index in [0.717, 1.165) is 17.4 Å². The highest BCUT2D eigenvalue weighted by Gasteiger charge is 1.96. The summed E-state index contributed by atoms with van der Waals surface area (Å²) in [5.41, 5.74) is 5.38. The van der Waals surface area contributed by atoms with Crippen LogP contribution in [0.25, 0.3) is 0 Å². The van der Waals surface area contributed by atoms with E-state index in [1.54, 1.807) is 11.3 Å². The van der Waals surface area contributed by atoms with Crippen LogP contribution in [-0.4, -0.2) is 11.5 Å². The van der Waals surface area contributed by atoms with Crippen LogP contribution in [0.3, 0.4) is 0 Å². The lowest BCUT2D eigenvalue weighted by Crippen LogP contribution is -1.98. The van der Waals surface area contributed by atoms with Crippen LogP contribution < -0.4 is 11.1 Å². The van der Waals surface area contributed by atoms with Gasteiger partial charge in [0.2, 0.25) is 0 Å². The molecule has 1 aromatic heterocycles. The molecule has 0 atom stereocenters. The molecule has 4 heteroatoms. The normalized spacial score (nSPS) is 9.80. The first kappa shape index (κ1) is 7.50. The number of rotatable bonds is 3. The van der Waals surface area contributed by atoms with E-state index in [-0.39, 0.29) is 0 Å². The molecule has 0 spiro atoms. The van der Waals surface area contributed by atoms with Crippen molar-refractivity contribution in [1.82, 2.24) is 4.98 Å². The summed E-state index contributed by atoms with van der Waals surface area (Å²) in [6, 6.07) is 0. The van der Waals surface area contributed by atoms with Crippen molar-refractivity contribution in [1.29, 1.82) is 0 Å². The van der Waals surface area contributed by atoms with Gasteiger partial charge in [0.1, 0.15) is 10.8 Å². The second kappa shape index (κ2) is 3.53. The molecule has 0 saturated heterocycles. The minimum absolute atomic E-state index is 0.538. The standard InChI is InChI=1S/C6H11N3S/c1-2-8-5-4-10-6(3-7)9-5/h4,8H,2-3,7H2,1H3. The summed E-state index contributed by atoms with van der Waals surface area (Å²) in [6.45, 7) is 3.49. The number of aromatic nitrogens is 1. The number of hydrogen-bond donors (Lipinski definition) is 2. The van der Waals surface area contributed by atoms with Gasteiger partial charge in [-0.2, -0.15) is 0 Å². The summed E-state index contributed by atoms with van der Waals surface area (Å²) in [6.07, 6.45) is 0. The van der Waals surface area contributed by atoms with Gasteiger partial charge in [-0.25, -0.2) is 4.98 Å². The van der Waals surface area contributed by atoms with Crippen LogP contribution in [0.1, 0.15) is 11.9 Å². The first-order valence-electron chi connectivity index (χ1n) is 3.25. The second-order valence-corrected chi connectivity index (χ2v) is 2.80. The Morgan fingerprint density at radius 1 is 1.80 bits per heavy atom. The smallest absolute Gasteiger partial charge is 0.137 e.